The number of aliphatic hydroxyl groups excluding tert-OH is 1. The van der Waals surface area contributed by atoms with Crippen LogP contribution in [0.25, 0.3) is 0 Å². The summed E-state index contributed by atoms with van der Waals surface area (Å²) in [6, 6.07) is 4.17. The zero-order valence-corrected chi connectivity index (χ0v) is 12.7. The Morgan fingerprint density at radius 2 is 2.16 bits per heavy atom. The molecule has 19 heavy (non-hydrogen) atoms. The molecule has 0 spiro atoms. The highest BCUT2D eigenvalue weighted by Crippen LogP contribution is 2.38. The van der Waals surface area contributed by atoms with Gasteiger partial charge < -0.3 is 19.9 Å². The molecule has 0 fully saturated rings. The largest absolute Gasteiger partial charge is 0.490 e. The lowest BCUT2D eigenvalue weighted by atomic mass is 10.1. The van der Waals surface area contributed by atoms with Crippen LogP contribution in [-0.2, 0) is 6.54 Å². The van der Waals surface area contributed by atoms with Crippen LogP contribution >= 0.6 is 15.9 Å². The van der Waals surface area contributed by atoms with Gasteiger partial charge in [0.05, 0.1) is 24.3 Å². The lowest BCUT2D eigenvalue weighted by Gasteiger charge is -2.16. The molecule has 0 bridgehead atoms. The van der Waals surface area contributed by atoms with Crippen molar-refractivity contribution in [3.05, 3.63) is 22.2 Å². The monoisotopic (exact) mass is 329 g/mol. The van der Waals surface area contributed by atoms with E-state index in [0.29, 0.717) is 19.8 Å². The molecular formula is C14H20BrNO3. The standard InChI is InChI=1S/C14H20BrNO3/c1-2-11(9-17)16-8-10-6-12(15)14-13(7-10)18-4-3-5-19-14/h6-7,11,16-17H,2-5,8-9H2,1H3/t11-/m0/s1. The molecule has 0 radical (unpaired) electrons. The molecule has 1 aliphatic heterocycles. The third-order valence-electron chi connectivity index (χ3n) is 3.17. The Morgan fingerprint density at radius 3 is 2.89 bits per heavy atom. The Bertz CT molecular complexity index is 421. The molecular weight excluding hydrogens is 310 g/mol. The predicted octanol–water partition coefficient (Wildman–Crippen LogP) is 2.47. The first kappa shape index (κ1) is 14.6. The highest BCUT2D eigenvalue weighted by atomic mass is 79.9. The Kier molecular flexibility index (Phi) is 5.48. The van der Waals surface area contributed by atoms with E-state index in [9.17, 15) is 5.11 Å². The number of halogens is 1. The number of rotatable bonds is 5. The zero-order valence-electron chi connectivity index (χ0n) is 11.1. The van der Waals surface area contributed by atoms with E-state index in [1.807, 2.05) is 12.1 Å². The summed E-state index contributed by atoms with van der Waals surface area (Å²) in [5, 5.41) is 12.5. The van der Waals surface area contributed by atoms with Crippen LogP contribution in [0.1, 0.15) is 25.3 Å². The topological polar surface area (TPSA) is 50.7 Å². The maximum atomic E-state index is 9.17. The second-order valence-electron chi connectivity index (χ2n) is 4.62. The number of hydrogen-bond acceptors (Lipinski definition) is 4. The third kappa shape index (κ3) is 3.84. The van der Waals surface area contributed by atoms with Crippen molar-refractivity contribution in [2.75, 3.05) is 19.8 Å². The normalized spacial score (nSPS) is 15.9. The van der Waals surface area contributed by atoms with E-state index in [4.69, 9.17) is 9.47 Å². The fourth-order valence-corrected chi connectivity index (χ4v) is 2.59. The Hall–Kier alpha value is -0.780. The van der Waals surface area contributed by atoms with Crippen molar-refractivity contribution in [1.29, 1.82) is 0 Å². The van der Waals surface area contributed by atoms with Crippen LogP contribution in [0, 0.1) is 0 Å². The Morgan fingerprint density at radius 1 is 1.37 bits per heavy atom. The van der Waals surface area contributed by atoms with Crippen molar-refractivity contribution in [3.8, 4) is 11.5 Å². The van der Waals surface area contributed by atoms with Crippen molar-refractivity contribution >= 4 is 15.9 Å². The summed E-state index contributed by atoms with van der Waals surface area (Å²) in [5.41, 5.74) is 1.11. The van der Waals surface area contributed by atoms with Crippen LogP contribution in [0.4, 0.5) is 0 Å². The zero-order chi connectivity index (χ0) is 13.7. The van der Waals surface area contributed by atoms with Crippen molar-refractivity contribution in [2.45, 2.75) is 32.4 Å². The minimum atomic E-state index is 0.134. The number of aliphatic hydroxyl groups is 1. The first-order valence-corrected chi connectivity index (χ1v) is 7.46. The average Bonchev–Trinajstić information content (AvgIpc) is 2.65. The lowest BCUT2D eigenvalue weighted by molar-refractivity contribution is 0.238. The number of fused-ring (bicyclic) bond motifs is 1. The molecule has 0 unspecified atom stereocenters. The maximum absolute atomic E-state index is 9.17. The van der Waals surface area contributed by atoms with Gasteiger partial charge in [0.25, 0.3) is 0 Å². The first-order chi connectivity index (χ1) is 9.24. The van der Waals surface area contributed by atoms with Crippen LogP contribution in [0.15, 0.2) is 16.6 Å². The van der Waals surface area contributed by atoms with Gasteiger partial charge in [-0.1, -0.05) is 6.92 Å². The summed E-state index contributed by atoms with van der Waals surface area (Å²) in [5.74, 6) is 1.58. The van der Waals surface area contributed by atoms with E-state index in [0.717, 1.165) is 34.4 Å². The molecule has 5 heteroatoms. The highest BCUT2D eigenvalue weighted by Gasteiger charge is 2.15. The third-order valence-corrected chi connectivity index (χ3v) is 3.76. The molecule has 0 saturated carbocycles. The number of nitrogens with one attached hydrogen (secondary N) is 1. The van der Waals surface area contributed by atoms with Crippen LogP contribution in [0.5, 0.6) is 11.5 Å². The summed E-state index contributed by atoms with van der Waals surface area (Å²) in [6.07, 6.45) is 1.80. The summed E-state index contributed by atoms with van der Waals surface area (Å²) < 4.78 is 12.3. The molecule has 106 valence electrons. The summed E-state index contributed by atoms with van der Waals surface area (Å²) in [7, 11) is 0. The number of benzene rings is 1. The molecule has 0 aromatic heterocycles. The molecule has 4 nitrogen and oxygen atoms in total. The molecule has 1 atom stereocenters. The van der Waals surface area contributed by atoms with Crippen LogP contribution in [-0.4, -0.2) is 31.0 Å². The van der Waals surface area contributed by atoms with Gasteiger partial charge in [-0.25, -0.2) is 0 Å². The van der Waals surface area contributed by atoms with E-state index in [1.54, 1.807) is 0 Å². The van der Waals surface area contributed by atoms with Crippen molar-refractivity contribution in [3.63, 3.8) is 0 Å². The van der Waals surface area contributed by atoms with Gasteiger partial charge in [0.2, 0.25) is 0 Å². The quantitative estimate of drug-likeness (QED) is 0.871. The SMILES string of the molecule is CC[C@@H](CO)NCc1cc(Br)c2c(c1)OCCCO2. The van der Waals surface area contributed by atoms with E-state index < -0.39 is 0 Å². The fraction of sp³-hybridized carbons (Fsp3) is 0.571. The van der Waals surface area contributed by atoms with Crippen molar-refractivity contribution in [2.24, 2.45) is 0 Å². The van der Waals surface area contributed by atoms with Gasteiger partial charge in [-0.15, -0.1) is 0 Å². The molecule has 1 aromatic carbocycles. The Balaban J connectivity index is 2.10. The molecule has 1 aliphatic rings. The summed E-state index contributed by atoms with van der Waals surface area (Å²) in [4.78, 5) is 0. The van der Waals surface area contributed by atoms with E-state index >= 15 is 0 Å². The van der Waals surface area contributed by atoms with Gasteiger partial charge in [-0.3, -0.25) is 0 Å². The summed E-state index contributed by atoms with van der Waals surface area (Å²) >= 11 is 3.53. The molecule has 2 N–H and O–H groups in total. The molecule has 0 amide bonds. The van der Waals surface area contributed by atoms with E-state index in [2.05, 4.69) is 28.2 Å². The highest BCUT2D eigenvalue weighted by molar-refractivity contribution is 9.10. The fourth-order valence-electron chi connectivity index (χ4n) is 1.99. The Labute approximate surface area is 122 Å². The molecule has 1 aromatic rings. The van der Waals surface area contributed by atoms with Crippen LogP contribution in [0.3, 0.4) is 0 Å². The molecule has 1 heterocycles. The van der Waals surface area contributed by atoms with Gasteiger partial charge in [0, 0.05) is 19.0 Å². The van der Waals surface area contributed by atoms with Gasteiger partial charge in [-0.2, -0.15) is 0 Å². The smallest absolute Gasteiger partial charge is 0.175 e. The van der Waals surface area contributed by atoms with Crippen LogP contribution < -0.4 is 14.8 Å². The lowest BCUT2D eigenvalue weighted by Crippen LogP contribution is -2.31. The van der Waals surface area contributed by atoms with Gasteiger partial charge in [-0.05, 0) is 40.0 Å². The summed E-state index contributed by atoms with van der Waals surface area (Å²) in [6.45, 7) is 4.28. The minimum absolute atomic E-state index is 0.134. The molecule has 0 aliphatic carbocycles. The predicted molar refractivity (Wildman–Crippen MR) is 77.8 cm³/mol. The van der Waals surface area contributed by atoms with Gasteiger partial charge in [0.15, 0.2) is 11.5 Å². The van der Waals surface area contributed by atoms with E-state index in [1.165, 1.54) is 0 Å². The second kappa shape index (κ2) is 7.12. The number of ether oxygens (including phenoxy) is 2. The van der Waals surface area contributed by atoms with Gasteiger partial charge >= 0.3 is 0 Å². The van der Waals surface area contributed by atoms with Gasteiger partial charge in [0.1, 0.15) is 0 Å². The number of hydrogen-bond donors (Lipinski definition) is 2. The first-order valence-electron chi connectivity index (χ1n) is 6.66. The maximum Gasteiger partial charge on any atom is 0.175 e. The minimum Gasteiger partial charge on any atom is -0.490 e. The second-order valence-corrected chi connectivity index (χ2v) is 5.48. The van der Waals surface area contributed by atoms with Crippen molar-refractivity contribution < 1.29 is 14.6 Å². The van der Waals surface area contributed by atoms with Crippen LogP contribution in [0.2, 0.25) is 0 Å². The van der Waals surface area contributed by atoms with Crippen molar-refractivity contribution in [1.82, 2.24) is 5.32 Å². The van der Waals surface area contributed by atoms with E-state index in [-0.39, 0.29) is 12.6 Å². The molecule has 0 saturated heterocycles. The molecule has 2 rings (SSSR count). The average molecular weight is 330 g/mol.